The first-order chi connectivity index (χ1) is 21.7. The topological polar surface area (TPSA) is 161 Å². The maximum Gasteiger partial charge on any atom is 0.338 e. The Bertz CT molecular complexity index is 1620. The van der Waals surface area contributed by atoms with Crippen LogP contribution < -0.4 is 10.9 Å². The van der Waals surface area contributed by atoms with Gasteiger partial charge in [0, 0.05) is 27.3 Å². The molecule has 2 N–H and O–H groups in total. The Morgan fingerprint density at radius 3 is 2.52 bits per heavy atom. The summed E-state index contributed by atoms with van der Waals surface area (Å²) in [7, 11) is -1.70. The minimum atomic E-state index is -1.70. The zero-order chi connectivity index (χ0) is 33.8. The summed E-state index contributed by atoms with van der Waals surface area (Å²) in [5.74, 6) is -0.924. The Kier molecular flexibility index (Phi) is 12.0. The van der Waals surface area contributed by atoms with Crippen molar-refractivity contribution in [3.8, 4) is 6.07 Å². The van der Waals surface area contributed by atoms with Gasteiger partial charge in [-0.3, -0.25) is 19.9 Å². The summed E-state index contributed by atoms with van der Waals surface area (Å²) in [6.07, 6.45) is -0.821. The molecule has 4 rings (SSSR count). The van der Waals surface area contributed by atoms with E-state index >= 15 is 0 Å². The second kappa shape index (κ2) is 15.3. The predicted molar refractivity (Wildman–Crippen MR) is 182 cm³/mol. The number of anilines is 1. The molecule has 248 valence electrons. The molecule has 0 bridgehead atoms. The summed E-state index contributed by atoms with van der Waals surface area (Å²) >= 11 is 2.04. The van der Waals surface area contributed by atoms with Crippen molar-refractivity contribution in [1.29, 1.82) is 5.26 Å². The Hall–Kier alpha value is -2.93. The first kappa shape index (κ1) is 35.9. The molecule has 46 heavy (non-hydrogen) atoms. The summed E-state index contributed by atoms with van der Waals surface area (Å²) in [4.78, 5) is 46.6. The standard InChI is InChI=1S/C31H40IN6O7P/c1-18(2)38(19(3)4)46(43-15-11-14-33)45-22-17-42-27(24(22)44-28(40)20-12-9-8-10-13-20)37-16-21(32)23-25(37)34-30(35-26(23)39)36-29(41)31(5,6)7/h8-10,12-13,16,18-19,22,24,27H,11,15,17H2,1-7H3,(H2,34,35,36,39,41)/t22-,24+,27+,46?/m0/s1. The molecule has 1 aliphatic rings. The first-order valence-electron chi connectivity index (χ1n) is 15.0. The molecule has 1 fully saturated rings. The second-order valence-electron chi connectivity index (χ2n) is 12.4. The zero-order valence-corrected chi connectivity index (χ0v) is 30.0. The Balaban J connectivity index is 1.76. The molecule has 15 heteroatoms. The number of nitriles is 1. The number of fused-ring (bicyclic) bond motifs is 1. The third kappa shape index (κ3) is 8.31. The van der Waals surface area contributed by atoms with Crippen molar-refractivity contribution in [3.05, 3.63) is 56.0 Å². The number of esters is 1. The lowest BCUT2D eigenvalue weighted by atomic mass is 9.96. The van der Waals surface area contributed by atoms with E-state index in [1.807, 2.05) is 50.3 Å². The van der Waals surface area contributed by atoms with Crippen LogP contribution >= 0.6 is 31.1 Å². The largest absolute Gasteiger partial charge is 0.451 e. The van der Waals surface area contributed by atoms with Gasteiger partial charge in [-0.25, -0.2) is 9.46 Å². The highest BCUT2D eigenvalue weighted by atomic mass is 127. The molecule has 0 radical (unpaired) electrons. The van der Waals surface area contributed by atoms with Crippen LogP contribution in [0.1, 0.15) is 71.5 Å². The molecule has 0 aliphatic carbocycles. The van der Waals surface area contributed by atoms with Crippen LogP contribution in [0.25, 0.3) is 11.0 Å². The highest BCUT2D eigenvalue weighted by molar-refractivity contribution is 14.1. The number of carbonyl (C=O) groups excluding carboxylic acids is 2. The van der Waals surface area contributed by atoms with Gasteiger partial charge in [0.2, 0.25) is 11.9 Å². The van der Waals surface area contributed by atoms with Crippen molar-refractivity contribution in [2.45, 2.75) is 85.4 Å². The van der Waals surface area contributed by atoms with Crippen molar-refractivity contribution >= 4 is 60.0 Å². The number of nitrogens with zero attached hydrogens (tertiary/aromatic N) is 4. The normalized spacial score (nSPS) is 19.1. The van der Waals surface area contributed by atoms with Gasteiger partial charge in [-0.15, -0.1) is 0 Å². The van der Waals surface area contributed by atoms with Crippen LogP contribution in [-0.4, -0.2) is 68.6 Å². The molecule has 0 spiro atoms. The number of carbonyl (C=O) groups is 2. The van der Waals surface area contributed by atoms with E-state index < -0.39 is 43.9 Å². The predicted octanol–water partition coefficient (Wildman–Crippen LogP) is 5.73. The first-order valence-corrected chi connectivity index (χ1v) is 17.2. The van der Waals surface area contributed by atoms with Crippen LogP contribution in [0.4, 0.5) is 5.95 Å². The van der Waals surface area contributed by atoms with Gasteiger partial charge in [0.05, 0.1) is 36.7 Å². The SMILES string of the molecule is CC(C)N(C(C)C)P(OCCC#N)O[C@H]1CO[C@@H](n2cc(I)c3c(=O)[nH]c(NC(=O)C(C)(C)C)nc32)[C@@H]1OC(=O)c1ccccc1. The lowest BCUT2D eigenvalue weighted by Gasteiger charge is -2.37. The molecule has 0 saturated carbocycles. The number of halogens is 1. The number of aromatic nitrogens is 3. The summed E-state index contributed by atoms with van der Waals surface area (Å²) < 4.78 is 29.4. The van der Waals surface area contributed by atoms with E-state index in [0.717, 1.165) is 0 Å². The number of ether oxygens (including phenoxy) is 2. The van der Waals surface area contributed by atoms with Crippen LogP contribution in [0.5, 0.6) is 0 Å². The number of aromatic amines is 1. The van der Waals surface area contributed by atoms with Crippen molar-refractivity contribution in [2.24, 2.45) is 5.41 Å². The van der Waals surface area contributed by atoms with Crippen molar-refractivity contribution in [3.63, 3.8) is 0 Å². The molecule has 3 aromatic rings. The van der Waals surface area contributed by atoms with Crippen LogP contribution in [0.3, 0.4) is 0 Å². The smallest absolute Gasteiger partial charge is 0.338 e. The van der Waals surface area contributed by atoms with E-state index in [1.165, 1.54) is 0 Å². The van der Waals surface area contributed by atoms with Gasteiger partial charge in [-0.05, 0) is 62.4 Å². The Morgan fingerprint density at radius 2 is 1.91 bits per heavy atom. The fraction of sp³-hybridized carbons (Fsp3) is 0.516. The fourth-order valence-corrected chi connectivity index (χ4v) is 7.37. The minimum absolute atomic E-state index is 0.0178. The van der Waals surface area contributed by atoms with E-state index in [-0.39, 0.29) is 49.2 Å². The highest BCUT2D eigenvalue weighted by Gasteiger charge is 2.46. The number of amides is 1. The third-order valence-corrected chi connectivity index (χ3v) is 10.0. The monoisotopic (exact) mass is 766 g/mol. The van der Waals surface area contributed by atoms with Gasteiger partial charge >= 0.3 is 5.97 Å². The average molecular weight is 767 g/mol. The van der Waals surface area contributed by atoms with Gasteiger partial charge in [-0.1, -0.05) is 39.0 Å². The lowest BCUT2D eigenvalue weighted by Crippen LogP contribution is -2.39. The molecule has 1 amide bonds. The lowest BCUT2D eigenvalue weighted by molar-refractivity contribution is -0.123. The van der Waals surface area contributed by atoms with Crippen LogP contribution in [-0.2, 0) is 23.3 Å². The summed E-state index contributed by atoms with van der Waals surface area (Å²) in [6.45, 7) is 13.6. The number of benzene rings is 1. The van der Waals surface area contributed by atoms with Crippen LogP contribution in [0, 0.1) is 20.3 Å². The van der Waals surface area contributed by atoms with E-state index in [2.05, 4.69) is 26.0 Å². The molecule has 1 unspecified atom stereocenters. The van der Waals surface area contributed by atoms with Gasteiger partial charge in [0.15, 0.2) is 18.0 Å². The van der Waals surface area contributed by atoms with E-state index in [9.17, 15) is 14.4 Å². The number of hydrogen-bond donors (Lipinski definition) is 2. The second-order valence-corrected chi connectivity index (χ2v) is 14.9. The van der Waals surface area contributed by atoms with Gasteiger partial charge in [0.25, 0.3) is 14.1 Å². The fourth-order valence-electron chi connectivity index (χ4n) is 4.87. The number of nitrogens with one attached hydrogen (secondary N) is 2. The average Bonchev–Trinajstić information content (AvgIpc) is 3.52. The Morgan fingerprint density at radius 1 is 1.24 bits per heavy atom. The number of hydrogen-bond acceptors (Lipinski definition) is 10. The minimum Gasteiger partial charge on any atom is -0.451 e. The molecule has 13 nitrogen and oxygen atoms in total. The third-order valence-electron chi connectivity index (χ3n) is 7.04. The molecule has 1 aromatic carbocycles. The number of H-pyrrole nitrogens is 1. The van der Waals surface area contributed by atoms with Crippen molar-refractivity contribution in [2.75, 3.05) is 18.5 Å². The van der Waals surface area contributed by atoms with Gasteiger partial charge in [-0.2, -0.15) is 10.2 Å². The maximum atomic E-state index is 13.4. The quantitative estimate of drug-likeness (QED) is 0.101. The zero-order valence-electron chi connectivity index (χ0n) is 26.9. The summed E-state index contributed by atoms with van der Waals surface area (Å²) in [5, 5.41) is 12.1. The van der Waals surface area contributed by atoms with E-state index in [4.69, 9.17) is 23.8 Å². The molecule has 2 aromatic heterocycles. The molecular formula is C31H40IN6O7P. The van der Waals surface area contributed by atoms with Crippen LogP contribution in [0.15, 0.2) is 41.3 Å². The maximum absolute atomic E-state index is 13.4. The summed E-state index contributed by atoms with van der Waals surface area (Å²) in [5.41, 5.74) is -0.589. The summed E-state index contributed by atoms with van der Waals surface area (Å²) in [6, 6.07) is 10.8. The Labute approximate surface area is 283 Å². The van der Waals surface area contributed by atoms with Crippen molar-refractivity contribution in [1.82, 2.24) is 19.2 Å². The van der Waals surface area contributed by atoms with E-state index in [0.29, 0.717) is 14.5 Å². The van der Waals surface area contributed by atoms with Crippen LogP contribution in [0.2, 0.25) is 0 Å². The van der Waals surface area contributed by atoms with Gasteiger partial charge < -0.3 is 23.1 Å². The van der Waals surface area contributed by atoms with Gasteiger partial charge in [0.1, 0.15) is 6.10 Å². The molecule has 4 atom stereocenters. The molecular weight excluding hydrogens is 726 g/mol. The molecule has 3 heterocycles. The molecule has 1 aliphatic heterocycles. The highest BCUT2D eigenvalue weighted by Crippen LogP contribution is 2.49. The van der Waals surface area contributed by atoms with Crippen molar-refractivity contribution < 1.29 is 28.1 Å². The number of rotatable bonds is 12. The van der Waals surface area contributed by atoms with E-state index in [1.54, 1.807) is 61.9 Å². The molecule has 1 saturated heterocycles.